The summed E-state index contributed by atoms with van der Waals surface area (Å²) in [5, 5.41) is 6.29. The largest absolute Gasteiger partial charge is 0.351 e. The molecule has 2 aromatic heterocycles. The summed E-state index contributed by atoms with van der Waals surface area (Å²) in [4.78, 5) is 28.0. The number of rotatable bonds is 5. The molecule has 2 aromatic rings. The molecule has 0 bridgehead atoms. The molecule has 3 heterocycles. The maximum atomic E-state index is 12.6. The van der Waals surface area contributed by atoms with E-state index in [1.807, 2.05) is 24.4 Å². The van der Waals surface area contributed by atoms with Crippen LogP contribution in [-0.2, 0) is 11.3 Å². The highest BCUT2D eigenvalue weighted by Gasteiger charge is 2.27. The topological polar surface area (TPSA) is 83.0 Å². The molecule has 2 fully saturated rings. The molecule has 0 unspecified atom stereocenters. The minimum absolute atomic E-state index is 0.00417. The summed E-state index contributed by atoms with van der Waals surface area (Å²) in [5.74, 6) is 1.30. The number of hydrogen-bond acceptors (Lipinski definition) is 6. The van der Waals surface area contributed by atoms with E-state index in [0.29, 0.717) is 19.0 Å². The third-order valence-corrected chi connectivity index (χ3v) is 5.40. The van der Waals surface area contributed by atoms with Gasteiger partial charge in [-0.25, -0.2) is 9.97 Å². The first-order valence-electron chi connectivity index (χ1n) is 9.77. The van der Waals surface area contributed by atoms with Gasteiger partial charge in [0.1, 0.15) is 6.04 Å². The quantitative estimate of drug-likeness (QED) is 0.837. The Balaban J connectivity index is 1.37. The highest BCUT2D eigenvalue weighted by molar-refractivity contribution is 5.82. The minimum Gasteiger partial charge on any atom is -0.351 e. The van der Waals surface area contributed by atoms with E-state index >= 15 is 0 Å². The van der Waals surface area contributed by atoms with Gasteiger partial charge in [0.05, 0.1) is 0 Å². The third-order valence-electron chi connectivity index (χ3n) is 5.40. The van der Waals surface area contributed by atoms with Crippen LogP contribution in [-0.4, -0.2) is 46.5 Å². The summed E-state index contributed by atoms with van der Waals surface area (Å²) in [5.41, 5.74) is 2.14. The smallest absolute Gasteiger partial charge is 0.239 e. The van der Waals surface area contributed by atoms with Crippen molar-refractivity contribution in [2.45, 2.75) is 44.2 Å². The second-order valence-corrected chi connectivity index (χ2v) is 7.29. The monoisotopic (exact) mass is 366 g/mol. The Morgan fingerprint density at radius 1 is 1.26 bits per heavy atom. The molecule has 4 rings (SSSR count). The van der Waals surface area contributed by atoms with Crippen molar-refractivity contribution in [3.63, 3.8) is 0 Å². The van der Waals surface area contributed by atoms with Crippen molar-refractivity contribution in [1.29, 1.82) is 0 Å². The van der Waals surface area contributed by atoms with Crippen LogP contribution in [0, 0.1) is 0 Å². The van der Waals surface area contributed by atoms with Crippen molar-refractivity contribution in [3.05, 3.63) is 48.0 Å². The van der Waals surface area contributed by atoms with E-state index in [1.165, 1.54) is 25.7 Å². The number of piperazine rings is 1. The summed E-state index contributed by atoms with van der Waals surface area (Å²) in [6, 6.07) is 5.60. The molecule has 0 aromatic carbocycles. The van der Waals surface area contributed by atoms with E-state index in [4.69, 9.17) is 4.98 Å². The molecule has 27 heavy (non-hydrogen) atoms. The van der Waals surface area contributed by atoms with Gasteiger partial charge >= 0.3 is 0 Å². The summed E-state index contributed by atoms with van der Waals surface area (Å²) in [6.45, 7) is 2.61. The maximum absolute atomic E-state index is 12.6. The van der Waals surface area contributed by atoms with Crippen LogP contribution in [0.15, 0.2) is 36.8 Å². The van der Waals surface area contributed by atoms with Gasteiger partial charge in [-0.1, -0.05) is 18.9 Å². The van der Waals surface area contributed by atoms with E-state index in [1.54, 1.807) is 12.4 Å². The zero-order valence-electron chi connectivity index (χ0n) is 15.5. The van der Waals surface area contributed by atoms with Crippen molar-refractivity contribution in [2.75, 3.05) is 24.5 Å². The molecule has 2 aliphatic rings. The Morgan fingerprint density at radius 2 is 2.15 bits per heavy atom. The lowest BCUT2D eigenvalue weighted by atomic mass is 10.0. The first kappa shape index (κ1) is 17.9. The molecule has 0 radical (unpaired) electrons. The second-order valence-electron chi connectivity index (χ2n) is 7.29. The summed E-state index contributed by atoms with van der Waals surface area (Å²) < 4.78 is 0. The zero-order valence-corrected chi connectivity index (χ0v) is 15.5. The Bertz CT molecular complexity index is 762. The molecule has 0 spiro atoms. The van der Waals surface area contributed by atoms with Crippen molar-refractivity contribution >= 4 is 11.9 Å². The number of anilines is 1. The number of hydrogen-bond donors (Lipinski definition) is 2. The van der Waals surface area contributed by atoms with Gasteiger partial charge in [-0.15, -0.1) is 0 Å². The lowest BCUT2D eigenvalue weighted by Gasteiger charge is -2.33. The summed E-state index contributed by atoms with van der Waals surface area (Å²) in [7, 11) is 0. The molecule has 2 N–H and O–H groups in total. The third kappa shape index (κ3) is 4.42. The Hall–Kier alpha value is -2.54. The highest BCUT2D eigenvalue weighted by Crippen LogP contribution is 2.33. The van der Waals surface area contributed by atoms with Crippen LogP contribution >= 0.6 is 0 Å². The van der Waals surface area contributed by atoms with Crippen LogP contribution in [0.2, 0.25) is 0 Å². The SMILES string of the molecule is O=C(NCc1cccnc1)[C@@H]1CN(c2nccc(C3CCCC3)n2)CCN1. The maximum Gasteiger partial charge on any atom is 0.239 e. The molecule has 1 amide bonds. The van der Waals surface area contributed by atoms with Crippen molar-refractivity contribution in [3.8, 4) is 0 Å². The fourth-order valence-electron chi connectivity index (χ4n) is 3.89. The summed E-state index contributed by atoms with van der Waals surface area (Å²) in [6.07, 6.45) is 10.4. The second kappa shape index (κ2) is 8.43. The minimum atomic E-state index is -0.269. The number of amides is 1. The summed E-state index contributed by atoms with van der Waals surface area (Å²) >= 11 is 0. The normalized spacial score (nSPS) is 20.6. The van der Waals surface area contributed by atoms with Gasteiger partial charge in [-0.2, -0.15) is 0 Å². The lowest BCUT2D eigenvalue weighted by Crippen LogP contribution is -2.57. The number of carbonyl (C=O) groups excluding carboxylic acids is 1. The predicted octanol–water partition coefficient (Wildman–Crippen LogP) is 1.62. The van der Waals surface area contributed by atoms with Crippen LogP contribution in [0.3, 0.4) is 0 Å². The molecular formula is C20H26N6O. The van der Waals surface area contributed by atoms with Gasteiger partial charge in [0.2, 0.25) is 11.9 Å². The van der Waals surface area contributed by atoms with Crippen molar-refractivity contribution in [2.24, 2.45) is 0 Å². The number of nitrogens with one attached hydrogen (secondary N) is 2. The lowest BCUT2D eigenvalue weighted by molar-refractivity contribution is -0.123. The molecule has 1 aliphatic carbocycles. The van der Waals surface area contributed by atoms with Gasteiger partial charge in [0.25, 0.3) is 0 Å². The number of nitrogens with zero attached hydrogens (tertiary/aromatic N) is 4. The van der Waals surface area contributed by atoms with Crippen LogP contribution in [0.4, 0.5) is 5.95 Å². The van der Waals surface area contributed by atoms with Crippen molar-refractivity contribution < 1.29 is 4.79 Å². The zero-order chi connectivity index (χ0) is 18.5. The Kier molecular flexibility index (Phi) is 5.58. The van der Waals surface area contributed by atoms with Gasteiger partial charge in [0, 0.05) is 56.4 Å². The van der Waals surface area contributed by atoms with E-state index in [-0.39, 0.29) is 11.9 Å². The fourth-order valence-corrected chi connectivity index (χ4v) is 3.89. The first-order chi connectivity index (χ1) is 13.3. The predicted molar refractivity (Wildman–Crippen MR) is 103 cm³/mol. The molecule has 1 aliphatic heterocycles. The van der Waals surface area contributed by atoms with Crippen LogP contribution in [0.5, 0.6) is 0 Å². The van der Waals surface area contributed by atoms with E-state index in [2.05, 4.69) is 25.5 Å². The molecule has 1 saturated carbocycles. The van der Waals surface area contributed by atoms with Gasteiger partial charge < -0.3 is 15.5 Å². The molecule has 7 nitrogen and oxygen atoms in total. The van der Waals surface area contributed by atoms with Crippen molar-refractivity contribution in [1.82, 2.24) is 25.6 Å². The van der Waals surface area contributed by atoms with Crippen LogP contribution in [0.1, 0.15) is 42.9 Å². The van der Waals surface area contributed by atoms with Crippen LogP contribution in [0.25, 0.3) is 0 Å². The fraction of sp³-hybridized carbons (Fsp3) is 0.500. The van der Waals surface area contributed by atoms with E-state index < -0.39 is 0 Å². The van der Waals surface area contributed by atoms with Gasteiger partial charge in [0.15, 0.2) is 0 Å². The molecule has 142 valence electrons. The molecular weight excluding hydrogens is 340 g/mol. The molecule has 7 heteroatoms. The Labute approximate surface area is 159 Å². The molecule has 1 saturated heterocycles. The van der Waals surface area contributed by atoms with Crippen LogP contribution < -0.4 is 15.5 Å². The Morgan fingerprint density at radius 3 is 2.96 bits per heavy atom. The average Bonchev–Trinajstić information content (AvgIpc) is 3.28. The number of aromatic nitrogens is 3. The van der Waals surface area contributed by atoms with E-state index in [9.17, 15) is 4.79 Å². The van der Waals surface area contributed by atoms with Gasteiger partial charge in [-0.05, 0) is 30.5 Å². The van der Waals surface area contributed by atoms with Gasteiger partial charge in [-0.3, -0.25) is 9.78 Å². The average molecular weight is 366 g/mol. The number of pyridine rings is 1. The highest BCUT2D eigenvalue weighted by atomic mass is 16.2. The standard InChI is InChI=1S/C20H26N6O/c27-19(24-13-15-4-3-8-21-12-15)18-14-26(11-10-22-18)20-23-9-7-17(25-20)16-5-1-2-6-16/h3-4,7-9,12,16,18,22H,1-2,5-6,10-11,13-14H2,(H,24,27)/t18-/m0/s1. The number of carbonyl (C=O) groups is 1. The first-order valence-corrected chi connectivity index (χ1v) is 9.77. The van der Waals surface area contributed by atoms with E-state index in [0.717, 1.165) is 30.3 Å². The molecule has 1 atom stereocenters.